The highest BCUT2D eigenvalue weighted by Crippen LogP contribution is 2.35. The van der Waals surface area contributed by atoms with Gasteiger partial charge >= 0.3 is 5.97 Å². The summed E-state index contributed by atoms with van der Waals surface area (Å²) in [6, 6.07) is 0. The van der Waals surface area contributed by atoms with Crippen molar-refractivity contribution in [2.24, 2.45) is 0 Å². The predicted molar refractivity (Wildman–Crippen MR) is 60.7 cm³/mol. The lowest BCUT2D eigenvalue weighted by Gasteiger charge is -2.22. The number of esters is 1. The molecule has 2 aliphatic heterocycles. The second-order valence-corrected chi connectivity index (χ2v) is 5.41. The molecular formula is C12H20O6. The minimum Gasteiger partial charge on any atom is -0.467 e. The Morgan fingerprint density at radius 1 is 1.11 bits per heavy atom. The van der Waals surface area contributed by atoms with Crippen molar-refractivity contribution in [3.05, 3.63) is 0 Å². The number of hydrogen-bond donors (Lipinski definition) is 0. The van der Waals surface area contributed by atoms with E-state index in [0.717, 1.165) is 0 Å². The molecule has 0 aromatic carbocycles. The number of carbonyl (C=O) groups excluding carboxylic acids is 1. The van der Waals surface area contributed by atoms with Crippen LogP contribution >= 0.6 is 0 Å². The lowest BCUT2D eigenvalue weighted by molar-refractivity contribution is -0.176. The second-order valence-electron chi connectivity index (χ2n) is 5.41. The van der Waals surface area contributed by atoms with Crippen LogP contribution in [0, 0.1) is 0 Å². The summed E-state index contributed by atoms with van der Waals surface area (Å²) in [5.74, 6) is -1.96. The second kappa shape index (κ2) is 4.45. The molecule has 0 amide bonds. The van der Waals surface area contributed by atoms with Gasteiger partial charge in [-0.3, -0.25) is 0 Å². The Hall–Kier alpha value is -0.690. The van der Waals surface area contributed by atoms with E-state index in [2.05, 4.69) is 0 Å². The Kier molecular flexibility index (Phi) is 3.40. The van der Waals surface area contributed by atoms with Crippen molar-refractivity contribution in [1.82, 2.24) is 0 Å². The highest BCUT2D eigenvalue weighted by molar-refractivity contribution is 5.75. The quantitative estimate of drug-likeness (QED) is 0.685. The lowest BCUT2D eigenvalue weighted by Crippen LogP contribution is -2.42. The minimum atomic E-state index is -0.834. The molecule has 0 aromatic heterocycles. The van der Waals surface area contributed by atoms with Crippen LogP contribution in [0.3, 0.4) is 0 Å². The van der Waals surface area contributed by atoms with Crippen LogP contribution in [0.4, 0.5) is 0 Å². The minimum absolute atomic E-state index is 0.342. The number of rotatable bonds is 2. The van der Waals surface area contributed by atoms with Crippen LogP contribution in [0.2, 0.25) is 0 Å². The molecule has 0 aliphatic carbocycles. The van der Waals surface area contributed by atoms with Gasteiger partial charge in [-0.05, 0) is 27.7 Å². The molecule has 2 fully saturated rings. The van der Waals surface area contributed by atoms with E-state index in [1.807, 2.05) is 13.8 Å². The van der Waals surface area contributed by atoms with Gasteiger partial charge in [0, 0.05) is 0 Å². The lowest BCUT2D eigenvalue weighted by atomic mass is 10.1. The third-order valence-electron chi connectivity index (χ3n) is 2.96. The summed E-state index contributed by atoms with van der Waals surface area (Å²) in [6.07, 6.45) is -1.65. The van der Waals surface area contributed by atoms with Crippen molar-refractivity contribution in [3.63, 3.8) is 0 Å². The average Bonchev–Trinajstić information content (AvgIpc) is 2.77. The van der Waals surface area contributed by atoms with E-state index in [9.17, 15) is 4.79 Å². The topological polar surface area (TPSA) is 63.2 Å². The smallest absolute Gasteiger partial charge is 0.337 e. The first-order chi connectivity index (χ1) is 8.24. The van der Waals surface area contributed by atoms with Crippen molar-refractivity contribution in [2.45, 2.75) is 57.6 Å². The fourth-order valence-corrected chi connectivity index (χ4v) is 2.24. The molecule has 0 bridgehead atoms. The van der Waals surface area contributed by atoms with Gasteiger partial charge in [0.25, 0.3) is 0 Å². The number of hydrogen-bond acceptors (Lipinski definition) is 6. The molecule has 6 nitrogen and oxygen atoms in total. The van der Waals surface area contributed by atoms with E-state index in [4.69, 9.17) is 23.7 Å². The summed E-state index contributed by atoms with van der Waals surface area (Å²) in [7, 11) is 1.32. The molecule has 0 spiro atoms. The van der Waals surface area contributed by atoms with Crippen molar-refractivity contribution in [2.75, 3.05) is 13.7 Å². The molecule has 3 atom stereocenters. The average molecular weight is 260 g/mol. The molecule has 2 rings (SSSR count). The van der Waals surface area contributed by atoms with E-state index >= 15 is 0 Å². The van der Waals surface area contributed by atoms with Crippen molar-refractivity contribution in [3.8, 4) is 0 Å². The van der Waals surface area contributed by atoms with E-state index in [-0.39, 0.29) is 6.10 Å². The van der Waals surface area contributed by atoms with E-state index < -0.39 is 29.8 Å². The maximum atomic E-state index is 11.7. The third-order valence-corrected chi connectivity index (χ3v) is 2.96. The fourth-order valence-electron chi connectivity index (χ4n) is 2.24. The maximum Gasteiger partial charge on any atom is 0.337 e. The van der Waals surface area contributed by atoms with Gasteiger partial charge in [-0.25, -0.2) is 4.79 Å². The summed E-state index contributed by atoms with van der Waals surface area (Å²) in [4.78, 5) is 11.7. The summed E-state index contributed by atoms with van der Waals surface area (Å²) in [5, 5.41) is 0. The van der Waals surface area contributed by atoms with Crippen LogP contribution in [0.1, 0.15) is 27.7 Å². The molecule has 104 valence electrons. The van der Waals surface area contributed by atoms with Gasteiger partial charge in [-0.2, -0.15) is 0 Å². The number of carbonyl (C=O) groups is 1. The summed E-state index contributed by atoms with van der Waals surface area (Å²) in [6.45, 7) is 7.51. The van der Waals surface area contributed by atoms with Crippen LogP contribution < -0.4 is 0 Å². The van der Waals surface area contributed by atoms with Gasteiger partial charge in [0.2, 0.25) is 0 Å². The standard InChI is InChI=1S/C12H20O6/c1-11(2)15-6-7(16-11)8-9(10(13)14-5)18-12(3,4)17-8/h7-9H,6H2,1-5H3. The van der Waals surface area contributed by atoms with Gasteiger partial charge in [0.15, 0.2) is 17.7 Å². The van der Waals surface area contributed by atoms with E-state index in [1.54, 1.807) is 13.8 Å². The van der Waals surface area contributed by atoms with Crippen LogP contribution in [-0.2, 0) is 28.5 Å². The summed E-state index contributed by atoms with van der Waals surface area (Å²) < 4.78 is 27.2. The van der Waals surface area contributed by atoms with Crippen molar-refractivity contribution < 1.29 is 28.5 Å². The molecule has 2 aliphatic rings. The fraction of sp³-hybridized carbons (Fsp3) is 0.917. The molecule has 6 heteroatoms. The first-order valence-corrected chi connectivity index (χ1v) is 5.99. The normalized spacial score (nSPS) is 37.7. The Morgan fingerprint density at radius 3 is 2.28 bits per heavy atom. The molecule has 2 heterocycles. The van der Waals surface area contributed by atoms with Crippen LogP contribution in [0.25, 0.3) is 0 Å². The van der Waals surface area contributed by atoms with Crippen molar-refractivity contribution in [1.29, 1.82) is 0 Å². The number of ether oxygens (including phenoxy) is 5. The summed E-state index contributed by atoms with van der Waals surface area (Å²) >= 11 is 0. The van der Waals surface area contributed by atoms with Gasteiger partial charge in [0.1, 0.15) is 12.2 Å². The number of methoxy groups -OCH3 is 1. The highest BCUT2D eigenvalue weighted by atomic mass is 16.8. The Labute approximate surface area is 106 Å². The van der Waals surface area contributed by atoms with E-state index in [1.165, 1.54) is 7.11 Å². The highest BCUT2D eigenvalue weighted by Gasteiger charge is 2.52. The largest absolute Gasteiger partial charge is 0.467 e. The van der Waals surface area contributed by atoms with Crippen LogP contribution in [0.15, 0.2) is 0 Å². The molecule has 0 N–H and O–H groups in total. The Morgan fingerprint density at radius 2 is 1.78 bits per heavy atom. The van der Waals surface area contributed by atoms with Crippen LogP contribution in [-0.4, -0.2) is 49.6 Å². The molecule has 0 radical (unpaired) electrons. The zero-order valence-electron chi connectivity index (χ0n) is 11.4. The molecule has 2 saturated heterocycles. The predicted octanol–water partition coefficient (Wildman–Crippen LogP) is 0.831. The zero-order chi connectivity index (χ0) is 13.6. The molecular weight excluding hydrogens is 240 g/mol. The van der Waals surface area contributed by atoms with Gasteiger partial charge in [-0.15, -0.1) is 0 Å². The monoisotopic (exact) mass is 260 g/mol. The van der Waals surface area contributed by atoms with Crippen molar-refractivity contribution >= 4 is 5.97 Å². The SMILES string of the molecule is COC(=O)C1OC(C)(C)OC1C1COC(C)(C)O1. The molecule has 0 aromatic rings. The van der Waals surface area contributed by atoms with Crippen LogP contribution in [0.5, 0.6) is 0 Å². The maximum absolute atomic E-state index is 11.7. The first kappa shape index (κ1) is 13.7. The first-order valence-electron chi connectivity index (χ1n) is 5.99. The Bertz CT molecular complexity index is 337. The third kappa shape index (κ3) is 2.66. The van der Waals surface area contributed by atoms with E-state index in [0.29, 0.717) is 6.61 Å². The Balaban J connectivity index is 2.12. The molecule has 18 heavy (non-hydrogen) atoms. The van der Waals surface area contributed by atoms with Gasteiger partial charge < -0.3 is 23.7 Å². The molecule has 3 unspecified atom stereocenters. The van der Waals surface area contributed by atoms with Gasteiger partial charge in [0.05, 0.1) is 13.7 Å². The summed E-state index contributed by atoms with van der Waals surface area (Å²) in [5.41, 5.74) is 0. The molecule has 0 saturated carbocycles. The zero-order valence-corrected chi connectivity index (χ0v) is 11.4. The van der Waals surface area contributed by atoms with Gasteiger partial charge in [-0.1, -0.05) is 0 Å².